The molecule has 0 aliphatic carbocycles. The van der Waals surface area contributed by atoms with Crippen molar-refractivity contribution < 1.29 is 4.74 Å². The maximum absolute atomic E-state index is 5.68. The maximum atomic E-state index is 5.68. The minimum Gasteiger partial charge on any atom is -0.377 e. The molecule has 0 saturated heterocycles. The van der Waals surface area contributed by atoms with Gasteiger partial charge in [0.2, 0.25) is 0 Å². The molecule has 0 fully saturated rings. The number of hydrogen-bond donors (Lipinski definition) is 1. The predicted molar refractivity (Wildman–Crippen MR) is 39.4 cm³/mol. The molecule has 0 aromatic carbocycles. The lowest BCUT2D eigenvalue weighted by Gasteiger charge is -2.17. The predicted octanol–water partition coefficient (Wildman–Crippen LogP) is 1.15. The number of ether oxygens (including phenoxy) is 1. The largest absolute Gasteiger partial charge is 0.377 e. The van der Waals surface area contributed by atoms with Gasteiger partial charge in [0.25, 0.3) is 0 Å². The van der Waals surface area contributed by atoms with Gasteiger partial charge >= 0.3 is 0 Å². The van der Waals surface area contributed by atoms with Crippen LogP contribution >= 0.6 is 0 Å². The third kappa shape index (κ3) is 3.49. The van der Waals surface area contributed by atoms with Crippen LogP contribution < -0.4 is 5.73 Å². The second kappa shape index (κ2) is 4.77. The molecule has 1 unspecified atom stereocenters. The van der Waals surface area contributed by atoms with Gasteiger partial charge in [0.05, 0.1) is 6.10 Å². The summed E-state index contributed by atoms with van der Waals surface area (Å²) < 4.78 is 5.27. The normalized spacial score (nSPS) is 17.3. The minimum atomic E-state index is 0.199. The summed E-state index contributed by atoms with van der Waals surface area (Å²) in [4.78, 5) is 0. The highest BCUT2D eigenvalue weighted by Crippen LogP contribution is 1.98. The fourth-order valence-electron chi connectivity index (χ4n) is 0.718. The maximum Gasteiger partial charge on any atom is 0.0697 e. The first-order valence-corrected chi connectivity index (χ1v) is 3.59. The van der Waals surface area contributed by atoms with Crippen molar-refractivity contribution in [2.45, 2.75) is 39.3 Å². The molecule has 0 bridgehead atoms. The average Bonchev–Trinajstić information content (AvgIpc) is 1.87. The van der Waals surface area contributed by atoms with Gasteiger partial charge in [-0.1, -0.05) is 6.92 Å². The van der Waals surface area contributed by atoms with Crippen molar-refractivity contribution in [3.8, 4) is 0 Å². The van der Waals surface area contributed by atoms with Crippen LogP contribution in [0.2, 0.25) is 0 Å². The van der Waals surface area contributed by atoms with Crippen LogP contribution in [-0.2, 0) is 4.74 Å². The molecule has 0 amide bonds. The summed E-state index contributed by atoms with van der Waals surface area (Å²) in [6.07, 6.45) is 1.20. The van der Waals surface area contributed by atoms with Crippen molar-refractivity contribution >= 4 is 0 Å². The highest BCUT2D eigenvalue weighted by molar-refractivity contribution is 4.65. The zero-order valence-electron chi connectivity index (χ0n) is 6.55. The molecular formula is C7H17NO. The molecule has 0 spiro atoms. The highest BCUT2D eigenvalue weighted by atomic mass is 16.5. The quantitative estimate of drug-likeness (QED) is 0.621. The van der Waals surface area contributed by atoms with E-state index in [2.05, 4.69) is 6.92 Å². The van der Waals surface area contributed by atoms with Gasteiger partial charge in [-0.15, -0.1) is 0 Å². The van der Waals surface area contributed by atoms with E-state index in [0.717, 1.165) is 13.0 Å². The molecule has 0 saturated carbocycles. The van der Waals surface area contributed by atoms with E-state index in [1.807, 2.05) is 13.8 Å². The Labute approximate surface area is 57.4 Å². The minimum absolute atomic E-state index is 0.199. The van der Waals surface area contributed by atoms with E-state index in [-0.39, 0.29) is 12.1 Å². The second-order valence-corrected chi connectivity index (χ2v) is 2.23. The third-order valence-corrected chi connectivity index (χ3v) is 1.50. The summed E-state index contributed by atoms with van der Waals surface area (Å²) in [5, 5.41) is 0. The first-order chi connectivity index (χ1) is 4.22. The summed E-state index contributed by atoms with van der Waals surface area (Å²) in [5.41, 5.74) is 5.68. The zero-order valence-corrected chi connectivity index (χ0v) is 6.55. The molecular weight excluding hydrogens is 114 g/mol. The second-order valence-electron chi connectivity index (χ2n) is 2.23. The SMILES string of the molecule is CCOC(C)[C@H](N)CC. The lowest BCUT2D eigenvalue weighted by Crippen LogP contribution is -2.33. The Morgan fingerprint density at radius 3 is 2.33 bits per heavy atom. The van der Waals surface area contributed by atoms with Crippen LogP contribution in [0, 0.1) is 0 Å². The smallest absolute Gasteiger partial charge is 0.0697 e. The van der Waals surface area contributed by atoms with Gasteiger partial charge < -0.3 is 10.5 Å². The van der Waals surface area contributed by atoms with E-state index in [4.69, 9.17) is 10.5 Å². The highest BCUT2D eigenvalue weighted by Gasteiger charge is 2.08. The first kappa shape index (κ1) is 8.92. The topological polar surface area (TPSA) is 35.2 Å². The summed E-state index contributed by atoms with van der Waals surface area (Å²) in [5.74, 6) is 0. The van der Waals surface area contributed by atoms with Gasteiger partial charge in [-0.25, -0.2) is 0 Å². The van der Waals surface area contributed by atoms with Crippen molar-refractivity contribution in [2.24, 2.45) is 5.73 Å². The first-order valence-electron chi connectivity index (χ1n) is 3.59. The lowest BCUT2D eigenvalue weighted by molar-refractivity contribution is 0.0568. The number of rotatable bonds is 4. The summed E-state index contributed by atoms with van der Waals surface area (Å²) in [6.45, 7) is 6.82. The lowest BCUT2D eigenvalue weighted by atomic mass is 10.1. The van der Waals surface area contributed by atoms with Gasteiger partial charge in [-0.3, -0.25) is 0 Å². The fourth-order valence-corrected chi connectivity index (χ4v) is 0.718. The summed E-state index contributed by atoms with van der Waals surface area (Å²) in [6, 6.07) is 0.199. The molecule has 0 aliphatic heterocycles. The van der Waals surface area contributed by atoms with E-state index in [1.165, 1.54) is 0 Å². The number of hydrogen-bond acceptors (Lipinski definition) is 2. The molecule has 0 aromatic rings. The van der Waals surface area contributed by atoms with E-state index in [9.17, 15) is 0 Å². The molecule has 9 heavy (non-hydrogen) atoms. The van der Waals surface area contributed by atoms with Gasteiger partial charge in [0.1, 0.15) is 0 Å². The van der Waals surface area contributed by atoms with Crippen LogP contribution in [0.3, 0.4) is 0 Å². The summed E-state index contributed by atoms with van der Waals surface area (Å²) >= 11 is 0. The van der Waals surface area contributed by atoms with Gasteiger partial charge in [-0.2, -0.15) is 0 Å². The molecule has 2 nitrogen and oxygen atoms in total. The molecule has 2 heteroatoms. The molecule has 0 radical (unpaired) electrons. The zero-order chi connectivity index (χ0) is 7.28. The average molecular weight is 131 g/mol. The van der Waals surface area contributed by atoms with Crippen molar-refractivity contribution in [3.05, 3.63) is 0 Å². The Hall–Kier alpha value is -0.0800. The van der Waals surface area contributed by atoms with Gasteiger partial charge in [0.15, 0.2) is 0 Å². The Morgan fingerprint density at radius 1 is 1.44 bits per heavy atom. The van der Waals surface area contributed by atoms with Crippen LogP contribution in [0.5, 0.6) is 0 Å². The van der Waals surface area contributed by atoms with Crippen molar-refractivity contribution in [1.29, 1.82) is 0 Å². The fraction of sp³-hybridized carbons (Fsp3) is 1.00. The van der Waals surface area contributed by atoms with E-state index in [0.29, 0.717) is 0 Å². The molecule has 0 aliphatic rings. The monoisotopic (exact) mass is 131 g/mol. The van der Waals surface area contributed by atoms with Gasteiger partial charge in [-0.05, 0) is 20.3 Å². The molecule has 56 valence electrons. The Morgan fingerprint density at radius 2 is 2.00 bits per heavy atom. The molecule has 0 rings (SSSR count). The number of nitrogens with two attached hydrogens (primary N) is 1. The Kier molecular flexibility index (Phi) is 4.72. The Bertz CT molecular complexity index is 65.9. The van der Waals surface area contributed by atoms with E-state index < -0.39 is 0 Å². The summed E-state index contributed by atoms with van der Waals surface area (Å²) in [7, 11) is 0. The van der Waals surface area contributed by atoms with Crippen molar-refractivity contribution in [3.63, 3.8) is 0 Å². The molecule has 0 heterocycles. The van der Waals surface area contributed by atoms with E-state index >= 15 is 0 Å². The van der Waals surface area contributed by atoms with E-state index in [1.54, 1.807) is 0 Å². The molecule has 2 atom stereocenters. The van der Waals surface area contributed by atoms with Crippen molar-refractivity contribution in [1.82, 2.24) is 0 Å². The van der Waals surface area contributed by atoms with Crippen LogP contribution in [0.4, 0.5) is 0 Å². The van der Waals surface area contributed by atoms with Crippen LogP contribution in [0.25, 0.3) is 0 Å². The third-order valence-electron chi connectivity index (χ3n) is 1.50. The van der Waals surface area contributed by atoms with Crippen LogP contribution in [-0.4, -0.2) is 18.8 Å². The molecule has 2 N–H and O–H groups in total. The van der Waals surface area contributed by atoms with Crippen LogP contribution in [0.15, 0.2) is 0 Å². The standard InChI is InChI=1S/C7H17NO/c1-4-7(8)6(3)9-5-2/h6-7H,4-5,8H2,1-3H3/t6?,7-/m1/s1. The van der Waals surface area contributed by atoms with Gasteiger partial charge in [0, 0.05) is 12.6 Å². The van der Waals surface area contributed by atoms with Crippen LogP contribution in [0.1, 0.15) is 27.2 Å². The Balaban J connectivity index is 3.32. The van der Waals surface area contributed by atoms with Crippen molar-refractivity contribution in [2.75, 3.05) is 6.61 Å². The molecule has 0 aromatic heterocycles.